The van der Waals surface area contributed by atoms with E-state index in [4.69, 9.17) is 11.5 Å². The van der Waals surface area contributed by atoms with Crippen molar-refractivity contribution in [3.8, 4) is 0 Å². The molecular weight excluding hydrogens is 144 g/mol. The maximum atomic E-state index is 6.08. The monoisotopic (exact) mass is 160 g/mol. The highest BCUT2D eigenvalue weighted by Crippen LogP contribution is 2.26. The molecule has 0 aromatic heterocycles. The lowest BCUT2D eigenvalue weighted by atomic mass is 9.90. The van der Waals surface area contributed by atoms with Crippen LogP contribution < -0.4 is 11.5 Å². The zero-order valence-corrected chi connectivity index (χ0v) is 7.12. The lowest BCUT2D eigenvalue weighted by Crippen LogP contribution is -2.44. The van der Waals surface area contributed by atoms with Gasteiger partial charge in [-0.1, -0.05) is 0 Å². The standard InChI is InChI=1S/C7H16N2S/c8-4-1-7(9)2-5-10-6-3-7/h1-6,8-9H2. The van der Waals surface area contributed by atoms with Crippen LogP contribution in [0.4, 0.5) is 0 Å². The van der Waals surface area contributed by atoms with Gasteiger partial charge in [0.25, 0.3) is 0 Å². The van der Waals surface area contributed by atoms with Crippen LogP contribution in [-0.4, -0.2) is 23.6 Å². The van der Waals surface area contributed by atoms with Gasteiger partial charge in [-0.2, -0.15) is 11.8 Å². The maximum absolute atomic E-state index is 6.08. The average Bonchev–Trinajstić information content (AvgIpc) is 1.89. The van der Waals surface area contributed by atoms with Crippen LogP contribution in [0.1, 0.15) is 19.3 Å². The fourth-order valence-corrected chi connectivity index (χ4v) is 2.62. The molecule has 0 spiro atoms. The molecule has 3 heteroatoms. The van der Waals surface area contributed by atoms with Crippen molar-refractivity contribution in [2.75, 3.05) is 18.1 Å². The summed E-state index contributed by atoms with van der Waals surface area (Å²) in [6.07, 6.45) is 3.29. The predicted octanol–water partition coefficient (Wildman–Crippen LogP) is 0.560. The van der Waals surface area contributed by atoms with E-state index in [0.29, 0.717) is 0 Å². The topological polar surface area (TPSA) is 52.0 Å². The summed E-state index contributed by atoms with van der Waals surface area (Å²) < 4.78 is 0. The van der Waals surface area contributed by atoms with E-state index in [1.165, 1.54) is 11.5 Å². The first-order chi connectivity index (χ1) is 4.77. The van der Waals surface area contributed by atoms with Crippen LogP contribution in [0, 0.1) is 0 Å². The Labute approximate surface area is 66.7 Å². The third-order valence-corrected chi connectivity index (χ3v) is 3.12. The third-order valence-electron chi connectivity index (χ3n) is 2.13. The first-order valence-electron chi connectivity index (χ1n) is 3.83. The lowest BCUT2D eigenvalue weighted by molar-refractivity contribution is 0.371. The molecule has 1 aliphatic rings. The quantitative estimate of drug-likeness (QED) is 0.620. The summed E-state index contributed by atoms with van der Waals surface area (Å²) in [5.74, 6) is 2.44. The Balaban J connectivity index is 2.32. The van der Waals surface area contributed by atoms with Gasteiger partial charge in [0.15, 0.2) is 0 Å². The highest BCUT2D eigenvalue weighted by atomic mass is 32.2. The molecule has 1 aliphatic heterocycles. The first kappa shape index (κ1) is 8.37. The Kier molecular flexibility index (Phi) is 3.01. The van der Waals surface area contributed by atoms with Crippen molar-refractivity contribution in [1.82, 2.24) is 0 Å². The van der Waals surface area contributed by atoms with E-state index >= 15 is 0 Å². The van der Waals surface area contributed by atoms with E-state index in [9.17, 15) is 0 Å². The first-order valence-corrected chi connectivity index (χ1v) is 4.99. The highest BCUT2D eigenvalue weighted by Gasteiger charge is 2.26. The van der Waals surface area contributed by atoms with Crippen LogP contribution in [0.3, 0.4) is 0 Å². The van der Waals surface area contributed by atoms with Gasteiger partial charge < -0.3 is 11.5 Å². The molecule has 0 unspecified atom stereocenters. The molecule has 0 aromatic rings. The van der Waals surface area contributed by atoms with E-state index in [-0.39, 0.29) is 5.54 Å². The molecule has 60 valence electrons. The van der Waals surface area contributed by atoms with Crippen molar-refractivity contribution in [2.45, 2.75) is 24.8 Å². The van der Waals surface area contributed by atoms with Crippen LogP contribution in [-0.2, 0) is 0 Å². The zero-order valence-electron chi connectivity index (χ0n) is 6.31. The number of rotatable bonds is 2. The molecule has 1 fully saturated rings. The zero-order chi connectivity index (χ0) is 7.45. The van der Waals surface area contributed by atoms with Crippen LogP contribution >= 0.6 is 11.8 Å². The summed E-state index contributed by atoms with van der Waals surface area (Å²) in [5.41, 5.74) is 11.6. The Morgan fingerprint density at radius 3 is 2.40 bits per heavy atom. The third kappa shape index (κ3) is 2.15. The summed E-state index contributed by atoms with van der Waals surface area (Å²) in [5, 5.41) is 0. The van der Waals surface area contributed by atoms with E-state index in [2.05, 4.69) is 0 Å². The van der Waals surface area contributed by atoms with E-state index in [0.717, 1.165) is 25.8 Å². The smallest absolute Gasteiger partial charge is 0.0182 e. The predicted molar refractivity (Wildman–Crippen MR) is 47.1 cm³/mol. The van der Waals surface area contributed by atoms with Crippen molar-refractivity contribution >= 4 is 11.8 Å². The summed E-state index contributed by atoms with van der Waals surface area (Å²) in [6.45, 7) is 0.737. The molecule has 0 atom stereocenters. The molecular formula is C7H16N2S. The molecule has 0 aromatic carbocycles. The SMILES string of the molecule is NCCC1(N)CCSCC1. The molecule has 10 heavy (non-hydrogen) atoms. The number of hydrogen-bond donors (Lipinski definition) is 2. The van der Waals surface area contributed by atoms with Crippen molar-refractivity contribution in [2.24, 2.45) is 11.5 Å². The van der Waals surface area contributed by atoms with E-state index in [1.54, 1.807) is 0 Å². The second kappa shape index (κ2) is 3.60. The molecule has 1 rings (SSSR count). The second-order valence-electron chi connectivity index (χ2n) is 3.01. The number of thioether (sulfide) groups is 1. The minimum atomic E-state index is 0.0833. The Morgan fingerprint density at radius 2 is 1.90 bits per heavy atom. The van der Waals surface area contributed by atoms with Crippen molar-refractivity contribution in [1.29, 1.82) is 0 Å². The number of nitrogens with two attached hydrogens (primary N) is 2. The minimum absolute atomic E-state index is 0.0833. The van der Waals surface area contributed by atoms with Crippen LogP contribution in [0.15, 0.2) is 0 Å². The summed E-state index contributed by atoms with van der Waals surface area (Å²) >= 11 is 2.00. The summed E-state index contributed by atoms with van der Waals surface area (Å²) in [4.78, 5) is 0. The Bertz CT molecular complexity index is 94.3. The van der Waals surface area contributed by atoms with E-state index < -0.39 is 0 Å². The van der Waals surface area contributed by atoms with Crippen molar-refractivity contribution in [3.05, 3.63) is 0 Å². The fourth-order valence-electron chi connectivity index (χ4n) is 1.32. The largest absolute Gasteiger partial charge is 0.330 e. The van der Waals surface area contributed by atoms with Gasteiger partial charge in [-0.3, -0.25) is 0 Å². The van der Waals surface area contributed by atoms with Gasteiger partial charge in [-0.05, 0) is 37.3 Å². The molecule has 2 nitrogen and oxygen atoms in total. The van der Waals surface area contributed by atoms with Gasteiger partial charge in [-0.15, -0.1) is 0 Å². The molecule has 1 saturated heterocycles. The molecule has 0 radical (unpaired) electrons. The van der Waals surface area contributed by atoms with Crippen LogP contribution in [0.25, 0.3) is 0 Å². The van der Waals surface area contributed by atoms with Gasteiger partial charge in [0.05, 0.1) is 0 Å². The molecule has 0 bridgehead atoms. The van der Waals surface area contributed by atoms with Gasteiger partial charge in [0.1, 0.15) is 0 Å². The fraction of sp³-hybridized carbons (Fsp3) is 1.00. The van der Waals surface area contributed by atoms with Crippen molar-refractivity contribution < 1.29 is 0 Å². The second-order valence-corrected chi connectivity index (χ2v) is 4.24. The van der Waals surface area contributed by atoms with Crippen molar-refractivity contribution in [3.63, 3.8) is 0 Å². The maximum Gasteiger partial charge on any atom is 0.0182 e. The highest BCUT2D eigenvalue weighted by molar-refractivity contribution is 7.99. The molecule has 4 N–H and O–H groups in total. The van der Waals surface area contributed by atoms with Gasteiger partial charge in [0, 0.05) is 5.54 Å². The molecule has 1 heterocycles. The lowest BCUT2D eigenvalue weighted by Gasteiger charge is -2.32. The Hall–Kier alpha value is 0.270. The van der Waals surface area contributed by atoms with Gasteiger partial charge in [-0.25, -0.2) is 0 Å². The number of hydrogen-bond acceptors (Lipinski definition) is 3. The minimum Gasteiger partial charge on any atom is -0.330 e. The summed E-state index contributed by atoms with van der Waals surface area (Å²) in [6, 6.07) is 0. The average molecular weight is 160 g/mol. The van der Waals surface area contributed by atoms with Gasteiger partial charge >= 0.3 is 0 Å². The normalized spacial score (nSPS) is 24.6. The molecule has 0 amide bonds. The van der Waals surface area contributed by atoms with E-state index in [1.807, 2.05) is 11.8 Å². The van der Waals surface area contributed by atoms with Gasteiger partial charge in [0.2, 0.25) is 0 Å². The summed E-state index contributed by atoms with van der Waals surface area (Å²) in [7, 11) is 0. The van der Waals surface area contributed by atoms with Crippen LogP contribution in [0.5, 0.6) is 0 Å². The molecule has 0 aliphatic carbocycles. The van der Waals surface area contributed by atoms with Crippen LogP contribution in [0.2, 0.25) is 0 Å². The molecule has 0 saturated carbocycles. The Morgan fingerprint density at radius 1 is 1.30 bits per heavy atom.